The Kier molecular flexibility index (Phi) is 7.36. The van der Waals surface area contributed by atoms with Crippen LogP contribution in [0.3, 0.4) is 0 Å². The number of halogens is 1. The quantitative estimate of drug-likeness (QED) is 0.619. The highest BCUT2D eigenvalue weighted by molar-refractivity contribution is 7.89. The van der Waals surface area contributed by atoms with E-state index in [1.807, 2.05) is 0 Å². The van der Waals surface area contributed by atoms with Crippen LogP contribution in [0, 0.1) is 5.82 Å². The molecule has 0 unspecified atom stereocenters. The molecule has 2 rings (SSSR count). The maximum atomic E-state index is 13.1. The molecule has 28 heavy (non-hydrogen) atoms. The van der Waals surface area contributed by atoms with Gasteiger partial charge in [-0.2, -0.15) is 0 Å². The summed E-state index contributed by atoms with van der Waals surface area (Å²) in [5, 5.41) is 2.63. The summed E-state index contributed by atoms with van der Waals surface area (Å²) in [7, 11) is -2.48. The van der Waals surface area contributed by atoms with E-state index in [1.165, 1.54) is 43.5 Å². The summed E-state index contributed by atoms with van der Waals surface area (Å²) in [5.74, 6) is -0.388. The van der Waals surface area contributed by atoms with Crippen LogP contribution in [-0.4, -0.2) is 40.6 Å². The van der Waals surface area contributed by atoms with Crippen molar-refractivity contribution in [2.45, 2.75) is 24.8 Å². The van der Waals surface area contributed by atoms with E-state index in [9.17, 15) is 17.6 Å². The summed E-state index contributed by atoms with van der Waals surface area (Å²) in [4.78, 5) is 12.2. The zero-order valence-corrected chi connectivity index (χ0v) is 16.7. The fraction of sp³-hybridized carbons (Fsp3) is 0.316. The van der Waals surface area contributed by atoms with Gasteiger partial charge in [0.1, 0.15) is 28.8 Å². The number of amides is 1. The molecule has 0 radical (unpaired) electrons. The second-order valence-corrected chi connectivity index (χ2v) is 7.89. The molecule has 0 heterocycles. The van der Waals surface area contributed by atoms with E-state index in [0.29, 0.717) is 5.75 Å². The van der Waals surface area contributed by atoms with E-state index >= 15 is 0 Å². The van der Waals surface area contributed by atoms with E-state index in [2.05, 4.69) is 10.0 Å². The topological polar surface area (TPSA) is 93.7 Å². The van der Waals surface area contributed by atoms with Crippen LogP contribution in [-0.2, 0) is 10.0 Å². The van der Waals surface area contributed by atoms with Gasteiger partial charge < -0.3 is 14.8 Å². The average molecular weight is 410 g/mol. The smallest absolute Gasteiger partial charge is 0.251 e. The number of ether oxygens (including phenoxy) is 2. The Morgan fingerprint density at radius 3 is 2.57 bits per heavy atom. The van der Waals surface area contributed by atoms with Crippen LogP contribution < -0.4 is 19.5 Å². The Bertz CT molecular complexity index is 932. The van der Waals surface area contributed by atoms with Crippen LogP contribution in [0.25, 0.3) is 0 Å². The first-order chi connectivity index (χ1) is 13.2. The zero-order valence-electron chi connectivity index (χ0n) is 15.9. The number of benzene rings is 2. The molecule has 0 aliphatic rings. The lowest BCUT2D eigenvalue weighted by molar-refractivity contribution is 0.0946. The number of carbonyl (C=O) groups excluding carboxylic acids is 1. The molecule has 0 atom stereocenters. The maximum Gasteiger partial charge on any atom is 0.251 e. The molecule has 1 amide bonds. The molecule has 0 aromatic heterocycles. The first-order valence-electron chi connectivity index (χ1n) is 8.60. The second-order valence-electron chi connectivity index (χ2n) is 6.20. The van der Waals surface area contributed by atoms with Gasteiger partial charge in [-0.05, 0) is 44.2 Å². The number of nitrogens with one attached hydrogen (secondary N) is 2. The van der Waals surface area contributed by atoms with Gasteiger partial charge in [-0.3, -0.25) is 4.79 Å². The lowest BCUT2D eigenvalue weighted by atomic mass is 10.2. The summed E-state index contributed by atoms with van der Waals surface area (Å²) in [5.41, 5.74) is 0.163. The third kappa shape index (κ3) is 5.93. The first kappa shape index (κ1) is 21.6. The monoisotopic (exact) mass is 410 g/mol. The van der Waals surface area contributed by atoms with Gasteiger partial charge in [0.05, 0.1) is 13.7 Å². The van der Waals surface area contributed by atoms with Gasteiger partial charge in [-0.25, -0.2) is 17.5 Å². The van der Waals surface area contributed by atoms with Gasteiger partial charge in [0.25, 0.3) is 5.91 Å². The van der Waals surface area contributed by atoms with Crippen LogP contribution in [0.1, 0.15) is 24.2 Å². The lowest BCUT2D eigenvalue weighted by Gasteiger charge is -2.14. The molecule has 0 fully saturated rings. The summed E-state index contributed by atoms with van der Waals surface area (Å²) in [6, 6.07) is 9.51. The Morgan fingerprint density at radius 1 is 1.18 bits per heavy atom. The lowest BCUT2D eigenvalue weighted by Crippen LogP contribution is -2.31. The Hall–Kier alpha value is -2.65. The Morgan fingerprint density at radius 2 is 1.93 bits per heavy atom. The molecule has 2 aromatic rings. The van der Waals surface area contributed by atoms with Gasteiger partial charge in [0.15, 0.2) is 0 Å². The fourth-order valence-corrected chi connectivity index (χ4v) is 3.84. The van der Waals surface area contributed by atoms with Crippen LogP contribution in [0.4, 0.5) is 4.39 Å². The van der Waals surface area contributed by atoms with Crippen molar-refractivity contribution in [1.82, 2.24) is 10.0 Å². The van der Waals surface area contributed by atoms with Crippen molar-refractivity contribution >= 4 is 15.9 Å². The molecule has 0 aliphatic carbocycles. The number of rotatable bonds is 9. The SMILES string of the molecule is COc1ccc(C(=O)NCCOc2cccc(F)c2)cc1S(=O)(=O)NC(C)C. The molecule has 9 heteroatoms. The molecular formula is C19H23FN2O5S. The largest absolute Gasteiger partial charge is 0.495 e. The number of methoxy groups -OCH3 is 1. The van der Waals surface area contributed by atoms with Crippen molar-refractivity contribution in [2.75, 3.05) is 20.3 Å². The molecule has 152 valence electrons. The van der Waals surface area contributed by atoms with E-state index in [4.69, 9.17) is 9.47 Å². The standard InChI is InChI=1S/C19H23FN2O5S/c1-13(2)22-28(24,25)18-11-14(7-8-17(18)26-3)19(23)21-9-10-27-16-6-4-5-15(20)12-16/h4-8,11-13,22H,9-10H2,1-3H3,(H,21,23). The average Bonchev–Trinajstić information content (AvgIpc) is 2.63. The van der Waals surface area contributed by atoms with E-state index in [0.717, 1.165) is 0 Å². The summed E-state index contributed by atoms with van der Waals surface area (Å²) in [6.45, 7) is 3.68. The number of hydrogen-bond acceptors (Lipinski definition) is 5. The van der Waals surface area contributed by atoms with Gasteiger partial charge in [-0.1, -0.05) is 6.07 Å². The molecule has 2 aromatic carbocycles. The third-order valence-electron chi connectivity index (χ3n) is 3.56. The van der Waals surface area contributed by atoms with Crippen molar-refractivity contribution in [3.05, 3.63) is 53.8 Å². The molecule has 2 N–H and O–H groups in total. The molecule has 0 spiro atoms. The van der Waals surface area contributed by atoms with Crippen molar-refractivity contribution in [3.63, 3.8) is 0 Å². The highest BCUT2D eigenvalue weighted by Crippen LogP contribution is 2.25. The van der Waals surface area contributed by atoms with Crippen LogP contribution in [0.15, 0.2) is 47.4 Å². The molecular weight excluding hydrogens is 387 g/mol. The van der Waals surface area contributed by atoms with Crippen molar-refractivity contribution in [2.24, 2.45) is 0 Å². The van der Waals surface area contributed by atoms with Gasteiger partial charge in [-0.15, -0.1) is 0 Å². The van der Waals surface area contributed by atoms with Crippen molar-refractivity contribution < 1.29 is 27.1 Å². The summed E-state index contributed by atoms with van der Waals surface area (Å²) >= 11 is 0. The highest BCUT2D eigenvalue weighted by atomic mass is 32.2. The van der Waals surface area contributed by atoms with Gasteiger partial charge in [0.2, 0.25) is 10.0 Å². The first-order valence-corrected chi connectivity index (χ1v) is 10.1. The Balaban J connectivity index is 2.04. The minimum Gasteiger partial charge on any atom is -0.495 e. The summed E-state index contributed by atoms with van der Waals surface area (Å²) in [6.07, 6.45) is 0. The third-order valence-corrected chi connectivity index (χ3v) is 5.24. The predicted molar refractivity (Wildman–Crippen MR) is 103 cm³/mol. The minimum atomic E-state index is -3.84. The predicted octanol–water partition coefficient (Wildman–Crippen LogP) is 2.33. The molecule has 0 saturated heterocycles. The zero-order chi connectivity index (χ0) is 20.7. The van der Waals surface area contributed by atoms with Gasteiger partial charge >= 0.3 is 0 Å². The van der Waals surface area contributed by atoms with E-state index in [1.54, 1.807) is 19.9 Å². The number of sulfonamides is 1. The fourth-order valence-electron chi connectivity index (χ4n) is 2.39. The summed E-state index contributed by atoms with van der Waals surface area (Å²) < 4.78 is 50.9. The molecule has 0 bridgehead atoms. The molecule has 0 saturated carbocycles. The van der Waals surface area contributed by atoms with Crippen LogP contribution in [0.2, 0.25) is 0 Å². The Labute approximate surface area is 163 Å². The van der Waals surface area contributed by atoms with Gasteiger partial charge in [0, 0.05) is 17.7 Å². The normalized spacial score (nSPS) is 11.3. The van der Waals surface area contributed by atoms with Crippen molar-refractivity contribution in [1.29, 1.82) is 0 Å². The van der Waals surface area contributed by atoms with Crippen LogP contribution >= 0.6 is 0 Å². The van der Waals surface area contributed by atoms with E-state index in [-0.39, 0.29) is 35.4 Å². The second kappa shape index (κ2) is 9.52. The number of hydrogen-bond donors (Lipinski definition) is 2. The van der Waals surface area contributed by atoms with Crippen LogP contribution in [0.5, 0.6) is 11.5 Å². The number of carbonyl (C=O) groups is 1. The maximum absolute atomic E-state index is 13.1. The van der Waals surface area contributed by atoms with E-state index < -0.39 is 21.7 Å². The molecule has 7 nitrogen and oxygen atoms in total. The highest BCUT2D eigenvalue weighted by Gasteiger charge is 2.22. The minimum absolute atomic E-state index is 0.118. The van der Waals surface area contributed by atoms with Crippen molar-refractivity contribution in [3.8, 4) is 11.5 Å². The molecule has 0 aliphatic heterocycles.